The third-order valence-electron chi connectivity index (χ3n) is 2.33. The summed E-state index contributed by atoms with van der Waals surface area (Å²) in [6.45, 7) is 0. The Morgan fingerprint density at radius 3 is 0.844 bits per heavy atom. The summed E-state index contributed by atoms with van der Waals surface area (Å²) in [6.07, 6.45) is 0. The third-order valence-corrected chi connectivity index (χ3v) is 13.6. The number of hydrogen-bond acceptors (Lipinski definition) is 8. The average molecular weight is 604 g/mol. The van der Waals surface area contributed by atoms with Crippen LogP contribution in [0.5, 0.6) is 0 Å². The maximum atomic E-state index is 12.7. The van der Waals surface area contributed by atoms with E-state index >= 15 is 0 Å². The van der Waals surface area contributed by atoms with Crippen LogP contribution in [0.1, 0.15) is 0 Å². The fourth-order valence-electron chi connectivity index (χ4n) is 1.05. The van der Waals surface area contributed by atoms with Gasteiger partial charge < -0.3 is 0 Å². The molecular weight excluding hydrogens is 603 g/mol. The van der Waals surface area contributed by atoms with Crippen LogP contribution < -0.4 is 0 Å². The first-order valence-electron chi connectivity index (χ1n) is 5.91. The van der Waals surface area contributed by atoms with Gasteiger partial charge in [0.15, 0.2) is 0 Å². The maximum absolute atomic E-state index is 12.7. The van der Waals surface area contributed by atoms with Crippen LogP contribution in [0.4, 0.5) is 52.7 Å². The molecule has 192 valence electrons. The average Bonchev–Trinajstić information content (AvgIpc) is 2.40. The Hall–Kier alpha value is -1.14. The first-order chi connectivity index (χ1) is 13.4. The normalized spacial score (nSPS) is 16.6. The zero-order chi connectivity index (χ0) is 26.6. The van der Waals surface area contributed by atoms with Crippen LogP contribution in [0.15, 0.2) is 8.30 Å². The van der Waals surface area contributed by atoms with E-state index in [-0.39, 0.29) is 0 Å². The highest BCUT2D eigenvalue weighted by atomic mass is 32.3. The van der Waals surface area contributed by atoms with Gasteiger partial charge in [-0.15, -0.1) is 8.30 Å². The molecule has 0 aromatic heterocycles. The van der Waals surface area contributed by atoms with E-state index in [1.54, 1.807) is 0 Å². The fourth-order valence-corrected chi connectivity index (χ4v) is 11.1. The van der Waals surface area contributed by atoms with E-state index in [1.165, 1.54) is 0 Å². The van der Waals surface area contributed by atoms with Crippen LogP contribution in [0.3, 0.4) is 0 Å². The zero-order valence-electron chi connectivity index (χ0n) is 13.4. The van der Waals surface area contributed by atoms with Gasteiger partial charge in [0.25, 0.3) is 24.0 Å². The minimum Gasteiger partial charge on any atom is -0.217 e. The molecule has 0 heterocycles. The van der Waals surface area contributed by atoms with Gasteiger partial charge >= 0.3 is 42.1 Å². The second kappa shape index (κ2) is 8.26. The van der Waals surface area contributed by atoms with Crippen LogP contribution in [0.25, 0.3) is 0 Å². The molecule has 0 radical (unpaired) electrons. The lowest BCUT2D eigenvalue weighted by atomic mass is 11.5. The Balaban J connectivity index is 8.20. The van der Waals surface area contributed by atoms with Gasteiger partial charge in [0.05, 0.1) is 0 Å². The van der Waals surface area contributed by atoms with E-state index in [0.29, 0.717) is 0 Å². The van der Waals surface area contributed by atoms with Gasteiger partial charge in [-0.05, 0) is 0 Å². The molecule has 0 aliphatic carbocycles. The Morgan fingerprint density at radius 2 is 0.688 bits per heavy atom. The minimum absolute atomic E-state index is 0.946. The molecule has 1 unspecified atom stereocenters. The number of hydrogen-bond donors (Lipinski definition) is 0. The lowest BCUT2D eigenvalue weighted by molar-refractivity contribution is -0.0463. The first kappa shape index (κ1) is 30.9. The molecular formula is C5HF12N2O8PS4. The number of sulfone groups is 2. The second-order valence-electron chi connectivity index (χ2n) is 4.61. The molecule has 0 aromatic carbocycles. The van der Waals surface area contributed by atoms with Crippen molar-refractivity contribution in [2.24, 2.45) is 8.30 Å². The highest BCUT2D eigenvalue weighted by molar-refractivity contribution is 8.16. The van der Waals surface area contributed by atoms with Gasteiger partial charge in [-0.2, -0.15) is 69.5 Å². The van der Waals surface area contributed by atoms with Crippen molar-refractivity contribution in [3.05, 3.63) is 0 Å². The monoisotopic (exact) mass is 604 g/mol. The Bertz CT molecular complexity index is 1160. The second-order valence-corrected chi connectivity index (χ2v) is 14.9. The standard InChI is InChI=1S/C5HF12N2O8PS4/c6-2(7,8)29(20,21)1(30(22,23)3(9,10)11)28(18-31(24,25)4(12,13)14)19-32(26,27)5(15,16)17/h1H. The van der Waals surface area contributed by atoms with Crippen LogP contribution >= 0.6 is 7.51 Å². The van der Waals surface area contributed by atoms with Crippen molar-refractivity contribution < 1.29 is 86.4 Å². The van der Waals surface area contributed by atoms with Crippen LogP contribution in [-0.2, 0) is 39.7 Å². The van der Waals surface area contributed by atoms with Crippen LogP contribution in [-0.4, -0.2) is 60.0 Å². The van der Waals surface area contributed by atoms with E-state index in [0.717, 1.165) is 8.30 Å². The predicted molar refractivity (Wildman–Crippen MR) is 75.5 cm³/mol. The van der Waals surface area contributed by atoms with E-state index in [4.69, 9.17) is 0 Å². The van der Waals surface area contributed by atoms with E-state index in [9.17, 15) is 86.4 Å². The third kappa shape index (κ3) is 6.05. The molecule has 0 saturated heterocycles. The minimum atomic E-state index is -8.14. The molecule has 0 bridgehead atoms. The zero-order valence-corrected chi connectivity index (χ0v) is 17.5. The van der Waals surface area contributed by atoms with Crippen molar-refractivity contribution in [2.75, 3.05) is 0 Å². The first-order valence-corrected chi connectivity index (χ1v) is 13.2. The van der Waals surface area contributed by atoms with Crippen molar-refractivity contribution >= 4 is 47.2 Å². The van der Waals surface area contributed by atoms with Crippen LogP contribution in [0.2, 0.25) is 0 Å². The van der Waals surface area contributed by atoms with Crippen LogP contribution in [0, 0.1) is 0 Å². The highest BCUT2D eigenvalue weighted by Crippen LogP contribution is 2.48. The van der Waals surface area contributed by atoms with E-state index in [2.05, 4.69) is 0 Å². The highest BCUT2D eigenvalue weighted by Gasteiger charge is 2.65. The quantitative estimate of drug-likeness (QED) is 0.342. The summed E-state index contributed by atoms with van der Waals surface area (Å²) in [6, 6.07) is 0. The smallest absolute Gasteiger partial charge is 0.217 e. The summed E-state index contributed by atoms with van der Waals surface area (Å²) < 4.78 is 235. The molecule has 32 heavy (non-hydrogen) atoms. The summed E-state index contributed by atoms with van der Waals surface area (Å²) in [4.78, 5) is 0. The number of rotatable bonds is 5. The van der Waals surface area contributed by atoms with Gasteiger partial charge in [-0.1, -0.05) is 0 Å². The molecule has 0 aromatic rings. The van der Waals surface area contributed by atoms with Crippen molar-refractivity contribution in [3.8, 4) is 0 Å². The Labute approximate surface area is 168 Å². The number of nitrogens with zero attached hydrogens (tertiary/aromatic N) is 2. The van der Waals surface area contributed by atoms with Gasteiger partial charge in [-0.25, -0.2) is 16.8 Å². The lowest BCUT2D eigenvalue weighted by Gasteiger charge is -2.18. The largest absolute Gasteiger partial charge is 0.518 e. The molecule has 0 spiro atoms. The molecule has 0 aliphatic heterocycles. The van der Waals surface area contributed by atoms with Crippen molar-refractivity contribution in [3.63, 3.8) is 0 Å². The van der Waals surface area contributed by atoms with Crippen molar-refractivity contribution in [1.82, 2.24) is 0 Å². The lowest BCUT2D eigenvalue weighted by Crippen LogP contribution is -2.42. The van der Waals surface area contributed by atoms with Gasteiger partial charge in [0, 0.05) is 0 Å². The molecule has 0 N–H and O–H groups in total. The fraction of sp³-hybridized carbons (Fsp3) is 1.00. The van der Waals surface area contributed by atoms with Crippen molar-refractivity contribution in [1.29, 1.82) is 0 Å². The van der Waals surface area contributed by atoms with Gasteiger partial charge in [-0.3, -0.25) is 0 Å². The molecule has 27 heteroatoms. The molecule has 10 nitrogen and oxygen atoms in total. The molecule has 0 saturated carbocycles. The maximum Gasteiger partial charge on any atom is 0.518 e. The van der Waals surface area contributed by atoms with E-state index in [1.807, 2.05) is 0 Å². The summed E-state index contributed by atoms with van der Waals surface area (Å²) in [5.74, 6) is 0. The summed E-state index contributed by atoms with van der Waals surface area (Å²) in [5.41, 5.74) is -28.2. The molecule has 0 fully saturated rings. The Morgan fingerprint density at radius 1 is 0.469 bits per heavy atom. The molecule has 1 atom stereocenters. The SMILES string of the molecule is O=S(=O)(/N=P(=N/S(=O)(=O)C(F)(F)F)/C(S(=O)(=O)C(F)(F)F)S(=O)(=O)C(F)(F)F)C(F)(F)F. The molecule has 0 aliphatic rings. The summed E-state index contributed by atoms with van der Waals surface area (Å²) in [7, 11) is -37.7. The number of halogens is 12. The molecule has 0 amide bonds. The number of sulfonamides is 2. The predicted octanol–water partition coefficient (Wildman–Crippen LogP) is 2.69. The van der Waals surface area contributed by atoms with Gasteiger partial charge in [0.1, 0.15) is 7.51 Å². The number of alkyl halides is 12. The summed E-state index contributed by atoms with van der Waals surface area (Å²) in [5, 5.41) is 0. The topological polar surface area (TPSA) is 161 Å². The Kier molecular flexibility index (Phi) is 7.97. The molecule has 0 rings (SSSR count). The van der Waals surface area contributed by atoms with Gasteiger partial charge in [0.2, 0.25) is 0 Å². The van der Waals surface area contributed by atoms with Crippen molar-refractivity contribution in [2.45, 2.75) is 26.4 Å². The van der Waals surface area contributed by atoms with E-state index < -0.39 is 73.6 Å². The summed E-state index contributed by atoms with van der Waals surface area (Å²) >= 11 is 0.